The van der Waals surface area contributed by atoms with Crippen molar-refractivity contribution in [2.75, 3.05) is 13.1 Å². The van der Waals surface area contributed by atoms with E-state index in [-0.39, 0.29) is 5.69 Å². The molecule has 110 valence electrons. The van der Waals surface area contributed by atoms with Crippen LogP contribution in [-0.2, 0) is 6.54 Å². The van der Waals surface area contributed by atoms with Crippen molar-refractivity contribution in [2.45, 2.75) is 45.3 Å². The summed E-state index contributed by atoms with van der Waals surface area (Å²) in [7, 11) is 0. The van der Waals surface area contributed by atoms with Gasteiger partial charge < -0.3 is 10.4 Å². The monoisotopic (exact) mass is 277 g/mol. The van der Waals surface area contributed by atoms with Gasteiger partial charge in [-0.15, -0.1) is 0 Å². The third-order valence-corrected chi connectivity index (χ3v) is 3.49. The largest absolute Gasteiger partial charge is 0.477 e. The minimum absolute atomic E-state index is 0.122. The van der Waals surface area contributed by atoms with E-state index in [1.807, 2.05) is 6.07 Å². The highest BCUT2D eigenvalue weighted by atomic mass is 16.4. The van der Waals surface area contributed by atoms with Gasteiger partial charge in [0.15, 0.2) is 0 Å². The van der Waals surface area contributed by atoms with Gasteiger partial charge in [-0.3, -0.25) is 4.90 Å². The van der Waals surface area contributed by atoms with Gasteiger partial charge in [-0.1, -0.05) is 19.9 Å². The van der Waals surface area contributed by atoms with Crippen LogP contribution in [0.15, 0.2) is 18.2 Å². The van der Waals surface area contributed by atoms with Crippen molar-refractivity contribution >= 4 is 5.97 Å². The van der Waals surface area contributed by atoms with Gasteiger partial charge in [-0.25, -0.2) is 9.78 Å². The first kappa shape index (κ1) is 14.9. The lowest BCUT2D eigenvalue weighted by Crippen LogP contribution is -2.47. The van der Waals surface area contributed by atoms with Crippen molar-refractivity contribution in [1.82, 2.24) is 15.2 Å². The van der Waals surface area contributed by atoms with E-state index in [0.29, 0.717) is 12.1 Å². The molecule has 1 saturated heterocycles. The van der Waals surface area contributed by atoms with E-state index in [1.165, 1.54) is 18.9 Å². The van der Waals surface area contributed by atoms with Gasteiger partial charge in [0.05, 0.1) is 5.69 Å². The van der Waals surface area contributed by atoms with Crippen molar-refractivity contribution in [3.8, 4) is 0 Å². The van der Waals surface area contributed by atoms with Crippen LogP contribution >= 0.6 is 0 Å². The zero-order valence-corrected chi connectivity index (χ0v) is 12.2. The lowest BCUT2D eigenvalue weighted by atomic mass is 10.0. The number of aromatic nitrogens is 1. The van der Waals surface area contributed by atoms with Crippen LogP contribution < -0.4 is 5.32 Å². The Hall–Kier alpha value is -1.46. The molecule has 1 atom stereocenters. The second kappa shape index (κ2) is 6.81. The average Bonchev–Trinajstić information content (AvgIpc) is 2.38. The van der Waals surface area contributed by atoms with E-state index in [2.05, 4.69) is 29.0 Å². The van der Waals surface area contributed by atoms with Crippen LogP contribution in [0.4, 0.5) is 0 Å². The van der Waals surface area contributed by atoms with Gasteiger partial charge in [-0.2, -0.15) is 0 Å². The van der Waals surface area contributed by atoms with Crippen LogP contribution in [0.3, 0.4) is 0 Å². The molecular formula is C15H23N3O2. The van der Waals surface area contributed by atoms with E-state index >= 15 is 0 Å². The molecular weight excluding hydrogens is 254 g/mol. The van der Waals surface area contributed by atoms with Crippen LogP contribution in [0.5, 0.6) is 0 Å². The fourth-order valence-corrected chi connectivity index (χ4v) is 2.72. The Bertz CT molecular complexity index is 462. The standard InChI is InChI=1S/C15H23N3O2/c1-11(2)16-12-6-4-8-18(9-12)10-13-5-3-7-14(17-13)15(19)20/h3,5,7,11-12,16H,4,6,8-10H2,1-2H3,(H,19,20). The first-order valence-corrected chi connectivity index (χ1v) is 7.22. The summed E-state index contributed by atoms with van der Waals surface area (Å²) in [5, 5.41) is 12.5. The Kier molecular flexibility index (Phi) is 5.09. The summed E-state index contributed by atoms with van der Waals surface area (Å²) in [6, 6.07) is 6.20. The minimum atomic E-state index is -0.968. The topological polar surface area (TPSA) is 65.5 Å². The molecule has 1 aliphatic heterocycles. The molecule has 0 amide bonds. The number of rotatable bonds is 5. The van der Waals surface area contributed by atoms with Gasteiger partial charge in [-0.05, 0) is 31.5 Å². The molecule has 1 fully saturated rings. The maximum atomic E-state index is 10.9. The second-order valence-electron chi connectivity index (χ2n) is 5.71. The number of aromatic carboxylic acids is 1. The summed E-state index contributed by atoms with van der Waals surface area (Å²) in [6.07, 6.45) is 2.38. The van der Waals surface area contributed by atoms with E-state index in [4.69, 9.17) is 5.11 Å². The van der Waals surface area contributed by atoms with Crippen molar-refractivity contribution < 1.29 is 9.90 Å². The predicted molar refractivity (Wildman–Crippen MR) is 77.8 cm³/mol. The summed E-state index contributed by atoms with van der Waals surface area (Å²) in [5.41, 5.74) is 0.950. The highest BCUT2D eigenvalue weighted by molar-refractivity contribution is 5.85. The number of carboxylic acids is 1. The first-order chi connectivity index (χ1) is 9.54. The van der Waals surface area contributed by atoms with Crippen molar-refractivity contribution in [3.63, 3.8) is 0 Å². The molecule has 0 aliphatic carbocycles. The number of hydrogen-bond acceptors (Lipinski definition) is 4. The van der Waals surface area contributed by atoms with Crippen LogP contribution in [0.1, 0.15) is 42.9 Å². The highest BCUT2D eigenvalue weighted by Gasteiger charge is 2.20. The lowest BCUT2D eigenvalue weighted by Gasteiger charge is -2.34. The number of hydrogen-bond donors (Lipinski definition) is 2. The van der Waals surface area contributed by atoms with E-state index < -0.39 is 5.97 Å². The van der Waals surface area contributed by atoms with Gasteiger partial charge >= 0.3 is 5.97 Å². The third-order valence-electron chi connectivity index (χ3n) is 3.49. The Morgan fingerprint density at radius 3 is 3.05 bits per heavy atom. The lowest BCUT2D eigenvalue weighted by molar-refractivity contribution is 0.0689. The number of likely N-dealkylation sites (tertiary alicyclic amines) is 1. The quantitative estimate of drug-likeness (QED) is 0.858. The molecule has 2 N–H and O–H groups in total. The molecule has 0 aromatic carbocycles. The van der Waals surface area contributed by atoms with Gasteiger partial charge in [0, 0.05) is 25.2 Å². The second-order valence-corrected chi connectivity index (χ2v) is 5.71. The molecule has 5 heteroatoms. The summed E-state index contributed by atoms with van der Waals surface area (Å²) in [5.74, 6) is -0.968. The summed E-state index contributed by atoms with van der Waals surface area (Å²) in [4.78, 5) is 17.5. The van der Waals surface area contributed by atoms with E-state index in [1.54, 1.807) is 6.07 Å². The summed E-state index contributed by atoms with van der Waals surface area (Å²) in [6.45, 7) is 7.09. The predicted octanol–water partition coefficient (Wildman–Crippen LogP) is 1.74. The number of piperidine rings is 1. The zero-order chi connectivity index (χ0) is 14.5. The third kappa shape index (κ3) is 4.28. The summed E-state index contributed by atoms with van der Waals surface area (Å²) >= 11 is 0. The molecule has 20 heavy (non-hydrogen) atoms. The normalized spacial score (nSPS) is 20.2. The number of nitrogens with one attached hydrogen (secondary N) is 1. The van der Waals surface area contributed by atoms with Gasteiger partial charge in [0.2, 0.25) is 0 Å². The van der Waals surface area contributed by atoms with E-state index in [0.717, 1.165) is 25.3 Å². The number of carbonyl (C=O) groups is 1. The Morgan fingerprint density at radius 1 is 1.55 bits per heavy atom. The molecule has 0 bridgehead atoms. The average molecular weight is 277 g/mol. The van der Waals surface area contributed by atoms with Crippen molar-refractivity contribution in [3.05, 3.63) is 29.6 Å². The van der Waals surface area contributed by atoms with E-state index in [9.17, 15) is 4.79 Å². The van der Waals surface area contributed by atoms with Crippen LogP contribution in [-0.4, -0.2) is 46.1 Å². The Morgan fingerprint density at radius 2 is 2.35 bits per heavy atom. The molecule has 1 unspecified atom stereocenters. The van der Waals surface area contributed by atoms with Gasteiger partial charge in [0.25, 0.3) is 0 Å². The molecule has 5 nitrogen and oxygen atoms in total. The van der Waals surface area contributed by atoms with Crippen molar-refractivity contribution in [1.29, 1.82) is 0 Å². The molecule has 0 saturated carbocycles. The SMILES string of the molecule is CC(C)NC1CCCN(Cc2cccc(C(=O)O)n2)C1. The molecule has 1 aliphatic rings. The number of pyridine rings is 1. The maximum absolute atomic E-state index is 10.9. The smallest absolute Gasteiger partial charge is 0.354 e. The Balaban J connectivity index is 1.95. The maximum Gasteiger partial charge on any atom is 0.354 e. The van der Waals surface area contributed by atoms with Crippen LogP contribution in [0.25, 0.3) is 0 Å². The molecule has 1 aromatic heterocycles. The first-order valence-electron chi connectivity index (χ1n) is 7.22. The summed E-state index contributed by atoms with van der Waals surface area (Å²) < 4.78 is 0. The fraction of sp³-hybridized carbons (Fsp3) is 0.600. The molecule has 2 heterocycles. The molecule has 1 aromatic rings. The van der Waals surface area contributed by atoms with Crippen molar-refractivity contribution in [2.24, 2.45) is 0 Å². The van der Waals surface area contributed by atoms with Gasteiger partial charge in [0.1, 0.15) is 5.69 Å². The molecule has 0 spiro atoms. The number of nitrogens with zero attached hydrogens (tertiary/aromatic N) is 2. The van der Waals surface area contributed by atoms with Crippen LogP contribution in [0, 0.1) is 0 Å². The van der Waals surface area contributed by atoms with Crippen LogP contribution in [0.2, 0.25) is 0 Å². The minimum Gasteiger partial charge on any atom is -0.477 e. The number of carboxylic acid groups (broad SMARTS) is 1. The highest BCUT2D eigenvalue weighted by Crippen LogP contribution is 2.13. The fourth-order valence-electron chi connectivity index (χ4n) is 2.72. The Labute approximate surface area is 120 Å². The molecule has 2 rings (SSSR count). The molecule has 0 radical (unpaired) electrons. The zero-order valence-electron chi connectivity index (χ0n) is 12.2.